The van der Waals surface area contributed by atoms with Gasteiger partial charge in [0.25, 0.3) is 5.69 Å². The number of para-hydroxylation sites is 2. The van der Waals surface area contributed by atoms with Gasteiger partial charge in [-0.15, -0.1) is 0 Å². The first kappa shape index (κ1) is 19.6. The normalized spacial score (nSPS) is 10.7. The zero-order chi connectivity index (χ0) is 21.1. The third kappa shape index (κ3) is 4.47. The highest BCUT2D eigenvalue weighted by molar-refractivity contribution is 8.00. The Balaban J connectivity index is 1.67. The molecule has 0 aliphatic heterocycles. The number of hydrogen-bond donors (Lipinski definition) is 2. The number of rotatable bonds is 6. The molecule has 1 heterocycles. The van der Waals surface area contributed by atoms with Crippen molar-refractivity contribution in [1.82, 2.24) is 9.97 Å². The van der Waals surface area contributed by atoms with E-state index in [1.54, 1.807) is 25.1 Å². The van der Waals surface area contributed by atoms with E-state index in [-0.39, 0.29) is 11.5 Å². The third-order valence-corrected chi connectivity index (χ3v) is 4.95. The van der Waals surface area contributed by atoms with Crippen LogP contribution in [0, 0.1) is 22.9 Å². The summed E-state index contributed by atoms with van der Waals surface area (Å²) in [7, 11) is 0. The number of nitro benzene ring substituents is 1. The van der Waals surface area contributed by atoms with Gasteiger partial charge in [0.15, 0.2) is 11.6 Å². The first-order chi connectivity index (χ1) is 14.5. The fourth-order valence-corrected chi connectivity index (χ4v) is 3.55. The van der Waals surface area contributed by atoms with Crippen LogP contribution in [0.5, 0.6) is 0 Å². The molecule has 0 aliphatic rings. The number of nitro groups is 1. The highest BCUT2D eigenvalue weighted by Crippen LogP contribution is 2.30. The standard InChI is InChI=1S/C21H16FN5O2S/c1-13-9-14(22)11-15(10-13)23-20-21(25-19-8-3-2-7-18(19)24-20)26-30-17-6-4-5-16(12-17)27(28)29/h2-12H,1H3,(H,23,24)(H,25,26). The molecule has 4 rings (SSSR count). The van der Waals surface area contributed by atoms with Gasteiger partial charge in [0, 0.05) is 22.7 Å². The summed E-state index contributed by atoms with van der Waals surface area (Å²) < 4.78 is 16.9. The van der Waals surface area contributed by atoms with Gasteiger partial charge in [0.1, 0.15) is 5.82 Å². The number of halogens is 1. The number of anilines is 3. The largest absolute Gasteiger partial charge is 0.337 e. The van der Waals surface area contributed by atoms with Crippen molar-refractivity contribution >= 4 is 46.0 Å². The maximum absolute atomic E-state index is 13.8. The predicted octanol–water partition coefficient (Wildman–Crippen LogP) is 5.85. The van der Waals surface area contributed by atoms with Crippen molar-refractivity contribution in [3.05, 3.63) is 88.2 Å². The SMILES string of the molecule is Cc1cc(F)cc(Nc2nc3ccccc3nc2NSc2cccc([N+](=O)[O-])c2)c1. The molecule has 150 valence electrons. The Morgan fingerprint density at radius 1 is 0.967 bits per heavy atom. The van der Waals surface area contributed by atoms with Crippen LogP contribution >= 0.6 is 11.9 Å². The highest BCUT2D eigenvalue weighted by Gasteiger charge is 2.12. The molecule has 0 bridgehead atoms. The summed E-state index contributed by atoms with van der Waals surface area (Å²) >= 11 is 1.17. The van der Waals surface area contributed by atoms with Gasteiger partial charge in [-0.3, -0.25) is 10.1 Å². The third-order valence-electron chi connectivity index (χ3n) is 4.17. The van der Waals surface area contributed by atoms with Crippen molar-refractivity contribution in [3.8, 4) is 0 Å². The summed E-state index contributed by atoms with van der Waals surface area (Å²) in [5.74, 6) is 0.482. The number of nitrogens with one attached hydrogen (secondary N) is 2. The summed E-state index contributed by atoms with van der Waals surface area (Å²) in [6, 6.07) is 18.3. The molecule has 2 N–H and O–H groups in total. The maximum Gasteiger partial charge on any atom is 0.270 e. The molecule has 30 heavy (non-hydrogen) atoms. The smallest absolute Gasteiger partial charge is 0.270 e. The lowest BCUT2D eigenvalue weighted by molar-refractivity contribution is -0.385. The highest BCUT2D eigenvalue weighted by atomic mass is 32.2. The van der Waals surface area contributed by atoms with Gasteiger partial charge in [-0.25, -0.2) is 14.4 Å². The molecule has 1 aromatic heterocycles. The molecule has 0 saturated heterocycles. The number of nitrogens with zero attached hydrogens (tertiary/aromatic N) is 3. The quantitative estimate of drug-likeness (QED) is 0.229. The first-order valence-corrected chi connectivity index (χ1v) is 9.78. The Bertz CT molecular complexity index is 1230. The van der Waals surface area contributed by atoms with E-state index in [2.05, 4.69) is 20.0 Å². The van der Waals surface area contributed by atoms with Crippen LogP contribution < -0.4 is 10.0 Å². The summed E-state index contributed by atoms with van der Waals surface area (Å²) in [4.78, 5) is 20.4. The molecule has 9 heteroatoms. The van der Waals surface area contributed by atoms with E-state index in [4.69, 9.17) is 0 Å². The van der Waals surface area contributed by atoms with Crippen LogP contribution in [-0.2, 0) is 0 Å². The van der Waals surface area contributed by atoms with Crippen LogP contribution in [0.3, 0.4) is 0 Å². The monoisotopic (exact) mass is 421 g/mol. The summed E-state index contributed by atoms with van der Waals surface area (Å²) in [6.07, 6.45) is 0. The van der Waals surface area contributed by atoms with Crippen LogP contribution in [-0.4, -0.2) is 14.9 Å². The van der Waals surface area contributed by atoms with Crippen molar-refractivity contribution in [2.45, 2.75) is 11.8 Å². The fourth-order valence-electron chi connectivity index (χ4n) is 2.87. The molecule has 0 saturated carbocycles. The zero-order valence-corrected chi connectivity index (χ0v) is 16.6. The van der Waals surface area contributed by atoms with E-state index >= 15 is 0 Å². The van der Waals surface area contributed by atoms with E-state index in [0.29, 0.717) is 33.3 Å². The summed E-state index contributed by atoms with van der Waals surface area (Å²) in [5, 5.41) is 14.1. The number of fused-ring (bicyclic) bond motifs is 1. The van der Waals surface area contributed by atoms with Gasteiger partial charge in [-0.1, -0.05) is 18.2 Å². The van der Waals surface area contributed by atoms with Crippen LogP contribution in [0.15, 0.2) is 71.6 Å². The van der Waals surface area contributed by atoms with E-state index in [1.807, 2.05) is 24.3 Å². The van der Waals surface area contributed by atoms with Crippen LogP contribution in [0.4, 0.5) is 27.4 Å². The second-order valence-corrected chi connectivity index (χ2v) is 7.39. The Labute approximate surface area is 175 Å². The first-order valence-electron chi connectivity index (χ1n) is 8.96. The lowest BCUT2D eigenvalue weighted by Crippen LogP contribution is -2.02. The van der Waals surface area contributed by atoms with E-state index in [1.165, 1.54) is 36.2 Å². The molecule has 0 amide bonds. The lowest BCUT2D eigenvalue weighted by atomic mass is 10.2. The van der Waals surface area contributed by atoms with Gasteiger partial charge < -0.3 is 10.0 Å². The van der Waals surface area contributed by atoms with Gasteiger partial charge in [-0.05, 0) is 60.8 Å². The lowest BCUT2D eigenvalue weighted by Gasteiger charge is -2.13. The number of non-ortho nitro benzene ring substituents is 1. The summed E-state index contributed by atoms with van der Waals surface area (Å²) in [5.41, 5.74) is 2.67. The topological polar surface area (TPSA) is 93.0 Å². The van der Waals surface area contributed by atoms with Crippen molar-refractivity contribution < 1.29 is 9.31 Å². The molecular formula is C21H16FN5O2S. The molecular weight excluding hydrogens is 405 g/mol. The van der Waals surface area contributed by atoms with Crippen LogP contribution in [0.2, 0.25) is 0 Å². The van der Waals surface area contributed by atoms with Crippen LogP contribution in [0.25, 0.3) is 11.0 Å². The zero-order valence-electron chi connectivity index (χ0n) is 15.8. The van der Waals surface area contributed by atoms with Gasteiger partial charge in [0.05, 0.1) is 16.0 Å². The molecule has 3 aromatic carbocycles. The number of benzene rings is 3. The Morgan fingerprint density at radius 3 is 2.40 bits per heavy atom. The van der Waals surface area contributed by atoms with Crippen molar-refractivity contribution in [2.24, 2.45) is 0 Å². The Hall–Kier alpha value is -3.72. The van der Waals surface area contributed by atoms with Gasteiger partial charge >= 0.3 is 0 Å². The van der Waals surface area contributed by atoms with Crippen molar-refractivity contribution in [2.75, 3.05) is 10.0 Å². The molecule has 0 atom stereocenters. The minimum absolute atomic E-state index is 0.0000184. The Morgan fingerprint density at radius 2 is 1.70 bits per heavy atom. The summed E-state index contributed by atoms with van der Waals surface area (Å²) in [6.45, 7) is 1.80. The molecule has 0 spiro atoms. The van der Waals surface area contributed by atoms with Crippen molar-refractivity contribution in [3.63, 3.8) is 0 Å². The Kier molecular flexibility index (Phi) is 5.44. The average molecular weight is 421 g/mol. The maximum atomic E-state index is 13.8. The second kappa shape index (κ2) is 8.34. The number of aromatic nitrogens is 2. The predicted molar refractivity (Wildman–Crippen MR) is 117 cm³/mol. The second-order valence-electron chi connectivity index (χ2n) is 6.51. The van der Waals surface area contributed by atoms with Crippen molar-refractivity contribution in [1.29, 1.82) is 0 Å². The molecule has 0 unspecified atom stereocenters. The molecule has 7 nitrogen and oxygen atoms in total. The number of aryl methyl sites for hydroxylation is 1. The minimum atomic E-state index is -0.445. The van der Waals surface area contributed by atoms with E-state index in [9.17, 15) is 14.5 Å². The van der Waals surface area contributed by atoms with Crippen LogP contribution in [0.1, 0.15) is 5.56 Å². The molecule has 0 aliphatic carbocycles. The fraction of sp³-hybridized carbons (Fsp3) is 0.0476. The molecule has 0 radical (unpaired) electrons. The molecule has 0 fully saturated rings. The van der Waals surface area contributed by atoms with Gasteiger partial charge in [0.2, 0.25) is 0 Å². The van der Waals surface area contributed by atoms with Gasteiger partial charge in [-0.2, -0.15) is 0 Å². The van der Waals surface area contributed by atoms with E-state index in [0.717, 1.165) is 5.56 Å². The molecule has 4 aromatic rings. The average Bonchev–Trinajstić information content (AvgIpc) is 2.71. The van der Waals surface area contributed by atoms with E-state index < -0.39 is 4.92 Å². The number of hydrogen-bond acceptors (Lipinski definition) is 7. The minimum Gasteiger partial charge on any atom is -0.337 e.